The van der Waals surface area contributed by atoms with E-state index < -0.39 is 6.10 Å². The quantitative estimate of drug-likeness (QED) is 0.653. The van der Waals surface area contributed by atoms with Crippen LogP contribution in [-0.2, 0) is 22.7 Å². The highest BCUT2D eigenvalue weighted by Gasteiger charge is 2.20. The number of hydrogen-bond acceptors (Lipinski definition) is 3. The molecule has 0 aliphatic heterocycles. The standard InChI is InChI=1S/C22H28O3/c1-18(2)13-14-21(24-16-19-9-5-3-6-10-19)22(15-23)25-17-20-11-7-4-8-12-20/h3-14,18,21-23H,15-17H2,1-2H3/b14-13+/t21-,22-/m1/s1. The zero-order valence-electron chi connectivity index (χ0n) is 15.0. The van der Waals surface area contributed by atoms with Crippen molar-refractivity contribution >= 4 is 0 Å². The molecule has 0 aliphatic carbocycles. The lowest BCUT2D eigenvalue weighted by Crippen LogP contribution is -2.33. The average Bonchev–Trinajstić information content (AvgIpc) is 2.65. The van der Waals surface area contributed by atoms with E-state index in [2.05, 4.69) is 19.9 Å². The maximum Gasteiger partial charge on any atom is 0.111 e. The third kappa shape index (κ3) is 7.22. The predicted octanol–water partition coefficient (Wildman–Crippen LogP) is 4.36. The van der Waals surface area contributed by atoms with Gasteiger partial charge in [-0.05, 0) is 17.0 Å². The fourth-order valence-electron chi connectivity index (χ4n) is 2.41. The van der Waals surface area contributed by atoms with Crippen LogP contribution in [0.5, 0.6) is 0 Å². The second-order valence-electron chi connectivity index (χ2n) is 6.41. The molecular weight excluding hydrogens is 312 g/mol. The van der Waals surface area contributed by atoms with E-state index in [0.717, 1.165) is 11.1 Å². The van der Waals surface area contributed by atoms with Gasteiger partial charge < -0.3 is 14.6 Å². The van der Waals surface area contributed by atoms with Crippen molar-refractivity contribution in [1.29, 1.82) is 0 Å². The van der Waals surface area contributed by atoms with Crippen LogP contribution in [-0.4, -0.2) is 23.9 Å². The Morgan fingerprint density at radius 3 is 1.80 bits per heavy atom. The van der Waals surface area contributed by atoms with Crippen molar-refractivity contribution in [2.75, 3.05) is 6.61 Å². The summed E-state index contributed by atoms with van der Waals surface area (Å²) in [4.78, 5) is 0. The minimum Gasteiger partial charge on any atom is -0.394 e. The number of aliphatic hydroxyl groups is 1. The Labute approximate surface area is 150 Å². The van der Waals surface area contributed by atoms with Crippen molar-refractivity contribution in [3.05, 3.63) is 83.9 Å². The van der Waals surface area contributed by atoms with Crippen LogP contribution in [0.15, 0.2) is 72.8 Å². The maximum absolute atomic E-state index is 9.80. The normalized spacial score (nSPS) is 14.1. The van der Waals surface area contributed by atoms with Crippen molar-refractivity contribution in [3.8, 4) is 0 Å². The molecule has 0 unspecified atom stereocenters. The molecule has 0 radical (unpaired) electrons. The Bertz CT molecular complexity index is 608. The highest BCUT2D eigenvalue weighted by atomic mass is 16.5. The molecular formula is C22H28O3. The van der Waals surface area contributed by atoms with Gasteiger partial charge in [0.15, 0.2) is 0 Å². The molecule has 134 valence electrons. The molecule has 25 heavy (non-hydrogen) atoms. The van der Waals surface area contributed by atoms with E-state index in [9.17, 15) is 5.11 Å². The fraction of sp³-hybridized carbons (Fsp3) is 0.364. The van der Waals surface area contributed by atoms with Crippen molar-refractivity contribution in [2.24, 2.45) is 5.92 Å². The third-order valence-electron chi connectivity index (χ3n) is 3.82. The van der Waals surface area contributed by atoms with Gasteiger partial charge >= 0.3 is 0 Å². The van der Waals surface area contributed by atoms with Crippen LogP contribution in [0, 0.1) is 5.92 Å². The molecule has 0 amide bonds. The summed E-state index contributed by atoms with van der Waals surface area (Å²) in [5, 5.41) is 9.80. The molecule has 1 N–H and O–H groups in total. The number of aliphatic hydroxyl groups excluding tert-OH is 1. The molecule has 3 heteroatoms. The Morgan fingerprint density at radius 1 is 0.800 bits per heavy atom. The minimum atomic E-state index is -0.404. The van der Waals surface area contributed by atoms with Crippen LogP contribution in [0.4, 0.5) is 0 Å². The lowest BCUT2D eigenvalue weighted by atomic mass is 10.1. The molecule has 0 saturated heterocycles. The molecule has 2 rings (SSSR count). The van der Waals surface area contributed by atoms with E-state index in [1.807, 2.05) is 66.7 Å². The van der Waals surface area contributed by atoms with E-state index in [1.165, 1.54) is 0 Å². The zero-order valence-corrected chi connectivity index (χ0v) is 15.0. The molecule has 2 aromatic carbocycles. The largest absolute Gasteiger partial charge is 0.394 e. The van der Waals surface area contributed by atoms with Gasteiger partial charge in [-0.1, -0.05) is 86.7 Å². The van der Waals surface area contributed by atoms with Crippen LogP contribution in [0.3, 0.4) is 0 Å². The lowest BCUT2D eigenvalue weighted by Gasteiger charge is -2.24. The number of ether oxygens (including phenoxy) is 2. The number of benzene rings is 2. The van der Waals surface area contributed by atoms with Crippen molar-refractivity contribution < 1.29 is 14.6 Å². The number of rotatable bonds is 10. The SMILES string of the molecule is CC(C)/C=C/[C@@H](OCc1ccccc1)[C@@H](CO)OCc1ccccc1. The Kier molecular flexibility index (Phi) is 8.40. The summed E-state index contributed by atoms with van der Waals surface area (Å²) in [6, 6.07) is 20.0. The van der Waals surface area contributed by atoms with E-state index in [-0.39, 0.29) is 12.7 Å². The van der Waals surface area contributed by atoms with Crippen LogP contribution in [0.25, 0.3) is 0 Å². The molecule has 0 aromatic heterocycles. The van der Waals surface area contributed by atoms with E-state index >= 15 is 0 Å². The van der Waals surface area contributed by atoms with Crippen molar-refractivity contribution in [2.45, 2.75) is 39.3 Å². The smallest absolute Gasteiger partial charge is 0.111 e. The Hall–Kier alpha value is -1.94. The highest BCUT2D eigenvalue weighted by Crippen LogP contribution is 2.14. The molecule has 0 saturated carbocycles. The summed E-state index contributed by atoms with van der Waals surface area (Å²) in [5.41, 5.74) is 2.18. The molecule has 2 aromatic rings. The summed E-state index contributed by atoms with van der Waals surface area (Å²) < 4.78 is 12.0. The summed E-state index contributed by atoms with van der Waals surface area (Å²) >= 11 is 0. The first-order valence-corrected chi connectivity index (χ1v) is 8.79. The van der Waals surface area contributed by atoms with Crippen molar-refractivity contribution in [3.63, 3.8) is 0 Å². The molecule has 2 atom stereocenters. The summed E-state index contributed by atoms with van der Waals surface area (Å²) in [5.74, 6) is 0.413. The predicted molar refractivity (Wildman–Crippen MR) is 101 cm³/mol. The van der Waals surface area contributed by atoms with Crippen LogP contribution in [0.1, 0.15) is 25.0 Å². The zero-order chi connectivity index (χ0) is 17.9. The van der Waals surface area contributed by atoms with Crippen LogP contribution < -0.4 is 0 Å². The third-order valence-corrected chi connectivity index (χ3v) is 3.82. The van der Waals surface area contributed by atoms with Crippen LogP contribution >= 0.6 is 0 Å². The van der Waals surface area contributed by atoms with E-state index in [1.54, 1.807) is 0 Å². The minimum absolute atomic E-state index is 0.0886. The Morgan fingerprint density at radius 2 is 1.32 bits per heavy atom. The lowest BCUT2D eigenvalue weighted by molar-refractivity contribution is -0.0848. The summed E-state index contributed by atoms with van der Waals surface area (Å²) in [6.45, 7) is 5.08. The maximum atomic E-state index is 9.80. The molecule has 0 bridgehead atoms. The first-order chi connectivity index (χ1) is 12.2. The second kappa shape index (κ2) is 10.8. The molecule has 0 fully saturated rings. The van der Waals surface area contributed by atoms with E-state index in [0.29, 0.717) is 19.1 Å². The topological polar surface area (TPSA) is 38.7 Å². The van der Waals surface area contributed by atoms with Gasteiger partial charge in [-0.15, -0.1) is 0 Å². The first kappa shape index (κ1) is 19.4. The molecule has 3 nitrogen and oxygen atoms in total. The van der Waals surface area contributed by atoms with Gasteiger partial charge in [0.25, 0.3) is 0 Å². The van der Waals surface area contributed by atoms with Gasteiger partial charge in [0.05, 0.1) is 19.8 Å². The number of allylic oxidation sites excluding steroid dienone is 1. The highest BCUT2D eigenvalue weighted by molar-refractivity contribution is 5.14. The summed E-state index contributed by atoms with van der Waals surface area (Å²) in [6.07, 6.45) is 3.39. The molecule has 0 aliphatic rings. The van der Waals surface area contributed by atoms with Gasteiger partial charge in [0.2, 0.25) is 0 Å². The second-order valence-corrected chi connectivity index (χ2v) is 6.41. The van der Waals surface area contributed by atoms with Crippen molar-refractivity contribution in [1.82, 2.24) is 0 Å². The molecule has 0 heterocycles. The monoisotopic (exact) mass is 340 g/mol. The van der Waals surface area contributed by atoms with Gasteiger partial charge in [-0.2, -0.15) is 0 Å². The van der Waals surface area contributed by atoms with Gasteiger partial charge in [-0.3, -0.25) is 0 Å². The fourth-order valence-corrected chi connectivity index (χ4v) is 2.41. The average molecular weight is 340 g/mol. The van der Waals surface area contributed by atoms with E-state index in [4.69, 9.17) is 9.47 Å². The van der Waals surface area contributed by atoms with Crippen LogP contribution in [0.2, 0.25) is 0 Å². The Balaban J connectivity index is 2.00. The molecule has 0 spiro atoms. The van der Waals surface area contributed by atoms with Gasteiger partial charge in [0.1, 0.15) is 12.2 Å². The van der Waals surface area contributed by atoms with Gasteiger partial charge in [-0.25, -0.2) is 0 Å². The van der Waals surface area contributed by atoms with Gasteiger partial charge in [0, 0.05) is 0 Å². The number of hydrogen-bond donors (Lipinski definition) is 1. The summed E-state index contributed by atoms with van der Waals surface area (Å²) in [7, 11) is 0. The first-order valence-electron chi connectivity index (χ1n) is 8.79.